The van der Waals surface area contributed by atoms with Crippen molar-refractivity contribution < 1.29 is 0 Å². The summed E-state index contributed by atoms with van der Waals surface area (Å²) in [7, 11) is 0. The lowest BCUT2D eigenvalue weighted by molar-refractivity contribution is 0.0967. The van der Waals surface area contributed by atoms with Crippen molar-refractivity contribution in [2.75, 3.05) is 26.2 Å². The highest BCUT2D eigenvalue weighted by Crippen LogP contribution is 2.30. The van der Waals surface area contributed by atoms with E-state index in [-0.39, 0.29) is 5.54 Å². The van der Waals surface area contributed by atoms with Crippen LogP contribution in [0.15, 0.2) is 0 Å². The van der Waals surface area contributed by atoms with Gasteiger partial charge in [-0.3, -0.25) is 4.90 Å². The van der Waals surface area contributed by atoms with E-state index in [0.29, 0.717) is 0 Å². The summed E-state index contributed by atoms with van der Waals surface area (Å²) in [5.74, 6) is 0. The minimum absolute atomic E-state index is 0.165. The van der Waals surface area contributed by atoms with Crippen LogP contribution in [-0.4, -0.2) is 36.6 Å². The van der Waals surface area contributed by atoms with E-state index in [2.05, 4.69) is 16.3 Å². The zero-order chi connectivity index (χ0) is 14.1. The summed E-state index contributed by atoms with van der Waals surface area (Å²) in [5.41, 5.74) is -0.165. The van der Waals surface area contributed by atoms with Gasteiger partial charge >= 0.3 is 0 Å². The van der Waals surface area contributed by atoms with Crippen LogP contribution >= 0.6 is 0 Å². The van der Waals surface area contributed by atoms with Crippen LogP contribution in [-0.2, 0) is 0 Å². The maximum Gasteiger partial charge on any atom is 0.109 e. The zero-order valence-corrected chi connectivity index (χ0v) is 13.0. The SMILES string of the molecule is N#CC1(N2CCNCC2)CCCCCCCCCCC1. The Hall–Kier alpha value is -0.590. The summed E-state index contributed by atoms with van der Waals surface area (Å²) in [6.07, 6.45) is 14.2. The summed E-state index contributed by atoms with van der Waals surface area (Å²) < 4.78 is 0. The Morgan fingerprint density at radius 2 is 1.20 bits per heavy atom. The Bertz CT molecular complexity index is 290. The van der Waals surface area contributed by atoms with Gasteiger partial charge in [0.2, 0.25) is 0 Å². The quantitative estimate of drug-likeness (QED) is 0.798. The molecule has 1 saturated carbocycles. The van der Waals surface area contributed by atoms with Gasteiger partial charge in [0, 0.05) is 26.2 Å². The highest BCUT2D eigenvalue weighted by Gasteiger charge is 2.36. The first-order chi connectivity index (χ1) is 9.87. The van der Waals surface area contributed by atoms with Crippen molar-refractivity contribution in [2.24, 2.45) is 0 Å². The Labute approximate surface area is 124 Å². The number of hydrogen-bond acceptors (Lipinski definition) is 3. The van der Waals surface area contributed by atoms with Gasteiger partial charge in [-0.05, 0) is 12.8 Å². The molecule has 2 fully saturated rings. The molecule has 0 radical (unpaired) electrons. The second kappa shape index (κ2) is 8.64. The fourth-order valence-electron chi connectivity index (χ4n) is 3.79. The molecule has 1 aliphatic carbocycles. The van der Waals surface area contributed by atoms with Crippen LogP contribution in [0.25, 0.3) is 0 Å². The molecule has 1 heterocycles. The second-order valence-corrected chi connectivity index (χ2v) is 6.56. The van der Waals surface area contributed by atoms with E-state index in [1.807, 2.05) is 0 Å². The maximum atomic E-state index is 9.89. The number of nitrogens with zero attached hydrogens (tertiary/aromatic N) is 2. The zero-order valence-electron chi connectivity index (χ0n) is 13.0. The molecule has 114 valence electrons. The van der Waals surface area contributed by atoms with Crippen LogP contribution in [0.5, 0.6) is 0 Å². The maximum absolute atomic E-state index is 9.89. The smallest absolute Gasteiger partial charge is 0.109 e. The summed E-state index contributed by atoms with van der Waals surface area (Å²) in [5, 5.41) is 13.3. The second-order valence-electron chi connectivity index (χ2n) is 6.56. The Morgan fingerprint density at radius 1 is 0.750 bits per heavy atom. The van der Waals surface area contributed by atoms with Crippen LogP contribution in [0.4, 0.5) is 0 Å². The van der Waals surface area contributed by atoms with Crippen molar-refractivity contribution in [3.05, 3.63) is 0 Å². The van der Waals surface area contributed by atoms with Gasteiger partial charge in [-0.25, -0.2) is 0 Å². The van der Waals surface area contributed by atoms with E-state index in [1.54, 1.807) is 0 Å². The minimum Gasteiger partial charge on any atom is -0.314 e. The van der Waals surface area contributed by atoms with Crippen LogP contribution in [0, 0.1) is 11.3 Å². The van der Waals surface area contributed by atoms with Gasteiger partial charge in [-0.15, -0.1) is 0 Å². The van der Waals surface area contributed by atoms with Crippen molar-refractivity contribution in [3.63, 3.8) is 0 Å². The van der Waals surface area contributed by atoms with Gasteiger partial charge < -0.3 is 5.32 Å². The van der Waals surface area contributed by atoms with Gasteiger partial charge in [0.15, 0.2) is 0 Å². The van der Waals surface area contributed by atoms with Crippen molar-refractivity contribution in [1.82, 2.24) is 10.2 Å². The molecule has 0 bridgehead atoms. The summed E-state index contributed by atoms with van der Waals surface area (Å²) in [6, 6.07) is 2.74. The van der Waals surface area contributed by atoms with Crippen LogP contribution < -0.4 is 5.32 Å². The molecule has 0 aromatic heterocycles. The molecular weight excluding hydrogens is 246 g/mol. The Kier molecular flexibility index (Phi) is 6.82. The lowest BCUT2D eigenvalue weighted by Gasteiger charge is -2.41. The summed E-state index contributed by atoms with van der Waals surface area (Å²) in [6.45, 7) is 4.19. The highest BCUT2D eigenvalue weighted by atomic mass is 15.2. The Balaban J connectivity index is 1.98. The number of nitriles is 1. The number of nitrogens with one attached hydrogen (secondary N) is 1. The first-order valence-corrected chi connectivity index (χ1v) is 8.74. The van der Waals surface area contributed by atoms with E-state index in [4.69, 9.17) is 0 Å². The molecule has 3 heteroatoms. The molecule has 0 aromatic carbocycles. The largest absolute Gasteiger partial charge is 0.314 e. The summed E-state index contributed by atoms with van der Waals surface area (Å²) >= 11 is 0. The third-order valence-electron chi connectivity index (χ3n) is 5.11. The fraction of sp³-hybridized carbons (Fsp3) is 0.941. The van der Waals surface area contributed by atoms with Crippen molar-refractivity contribution in [3.8, 4) is 6.07 Å². The standard InChI is InChI=1S/C17H31N3/c18-16-17(20-14-12-19-13-15-20)10-8-6-4-2-1-3-5-7-9-11-17/h19H,1-15H2. The predicted octanol–water partition coefficient (Wildman–Crippen LogP) is 3.46. The van der Waals surface area contributed by atoms with Crippen LogP contribution in [0.2, 0.25) is 0 Å². The molecule has 0 amide bonds. The minimum atomic E-state index is -0.165. The van der Waals surface area contributed by atoms with E-state index in [1.165, 1.54) is 57.8 Å². The Morgan fingerprint density at radius 3 is 1.65 bits per heavy atom. The van der Waals surface area contributed by atoms with Gasteiger partial charge in [0.05, 0.1) is 6.07 Å². The van der Waals surface area contributed by atoms with Gasteiger partial charge in [0.25, 0.3) is 0 Å². The number of hydrogen-bond donors (Lipinski definition) is 1. The van der Waals surface area contributed by atoms with Gasteiger partial charge in [-0.2, -0.15) is 5.26 Å². The molecule has 0 aromatic rings. The van der Waals surface area contributed by atoms with Crippen molar-refractivity contribution >= 4 is 0 Å². The van der Waals surface area contributed by atoms with E-state index >= 15 is 0 Å². The number of rotatable bonds is 1. The normalized spacial score (nSPS) is 26.9. The molecular formula is C17H31N3. The molecule has 1 N–H and O–H groups in total. The molecule has 1 aliphatic heterocycles. The first kappa shape index (κ1) is 15.8. The third kappa shape index (κ3) is 4.46. The molecule has 0 atom stereocenters. The van der Waals surface area contributed by atoms with Crippen LogP contribution in [0.3, 0.4) is 0 Å². The molecule has 0 unspecified atom stereocenters. The lowest BCUT2D eigenvalue weighted by atomic mass is 9.84. The molecule has 3 nitrogen and oxygen atoms in total. The number of piperazine rings is 1. The van der Waals surface area contributed by atoms with Crippen molar-refractivity contribution in [2.45, 2.75) is 76.2 Å². The fourth-order valence-corrected chi connectivity index (χ4v) is 3.79. The molecule has 2 rings (SSSR count). The van der Waals surface area contributed by atoms with E-state index < -0.39 is 0 Å². The summed E-state index contributed by atoms with van der Waals surface area (Å²) in [4.78, 5) is 2.48. The van der Waals surface area contributed by atoms with E-state index in [0.717, 1.165) is 39.0 Å². The average molecular weight is 277 g/mol. The monoisotopic (exact) mass is 277 g/mol. The topological polar surface area (TPSA) is 39.1 Å². The molecule has 20 heavy (non-hydrogen) atoms. The van der Waals surface area contributed by atoms with Crippen LogP contribution in [0.1, 0.15) is 70.6 Å². The lowest BCUT2D eigenvalue weighted by Crippen LogP contribution is -2.55. The van der Waals surface area contributed by atoms with Gasteiger partial charge in [0.1, 0.15) is 5.54 Å². The van der Waals surface area contributed by atoms with E-state index in [9.17, 15) is 5.26 Å². The third-order valence-corrected chi connectivity index (χ3v) is 5.11. The molecule has 0 spiro atoms. The average Bonchev–Trinajstić information content (AvgIpc) is 2.49. The molecule has 1 saturated heterocycles. The molecule has 2 aliphatic rings. The predicted molar refractivity (Wildman–Crippen MR) is 83.6 cm³/mol. The van der Waals surface area contributed by atoms with Crippen molar-refractivity contribution in [1.29, 1.82) is 5.26 Å². The highest BCUT2D eigenvalue weighted by molar-refractivity contribution is 5.09. The first-order valence-electron chi connectivity index (χ1n) is 8.74. The van der Waals surface area contributed by atoms with Gasteiger partial charge in [-0.1, -0.05) is 57.8 Å².